The Hall–Kier alpha value is -3.48. The first-order valence-electron chi connectivity index (χ1n) is 10.5. The molecule has 0 saturated heterocycles. The third kappa shape index (κ3) is 6.77. The van der Waals surface area contributed by atoms with E-state index in [9.17, 15) is 0 Å². The molecule has 0 bridgehead atoms. The summed E-state index contributed by atoms with van der Waals surface area (Å²) >= 11 is 0. The lowest BCUT2D eigenvalue weighted by Gasteiger charge is -2.13. The maximum absolute atomic E-state index is 5.39. The van der Waals surface area contributed by atoms with Crippen molar-refractivity contribution in [3.63, 3.8) is 0 Å². The zero-order valence-corrected chi connectivity index (χ0v) is 18.5. The molecule has 0 atom stereocenters. The van der Waals surface area contributed by atoms with E-state index in [0.717, 1.165) is 43.5 Å². The van der Waals surface area contributed by atoms with Crippen LogP contribution in [0.5, 0.6) is 11.5 Å². The predicted molar refractivity (Wildman–Crippen MR) is 124 cm³/mol. The third-order valence-electron chi connectivity index (χ3n) is 4.81. The topological polar surface area (TPSA) is 72.7 Å². The molecule has 0 fully saturated rings. The van der Waals surface area contributed by atoms with E-state index in [1.807, 2.05) is 29.1 Å². The zero-order chi connectivity index (χ0) is 21.9. The van der Waals surface area contributed by atoms with Crippen molar-refractivity contribution in [2.45, 2.75) is 26.4 Å². The van der Waals surface area contributed by atoms with Crippen LogP contribution in [0.25, 0.3) is 0 Å². The van der Waals surface area contributed by atoms with Crippen LogP contribution in [0.3, 0.4) is 0 Å². The van der Waals surface area contributed by atoms with Gasteiger partial charge in [0.15, 0.2) is 17.5 Å². The molecule has 0 spiro atoms. The van der Waals surface area contributed by atoms with Crippen molar-refractivity contribution in [2.24, 2.45) is 4.99 Å². The third-order valence-corrected chi connectivity index (χ3v) is 4.81. The lowest BCUT2D eigenvalue weighted by atomic mass is 10.1. The van der Waals surface area contributed by atoms with Crippen molar-refractivity contribution in [3.05, 3.63) is 77.6 Å². The zero-order valence-electron chi connectivity index (χ0n) is 18.5. The summed E-state index contributed by atoms with van der Waals surface area (Å²) in [5.74, 6) is 2.29. The van der Waals surface area contributed by atoms with Gasteiger partial charge in [-0.25, -0.2) is 4.99 Å². The highest BCUT2D eigenvalue weighted by molar-refractivity contribution is 5.79. The molecule has 0 radical (unpaired) electrons. The Morgan fingerprint density at radius 2 is 1.81 bits per heavy atom. The fourth-order valence-electron chi connectivity index (χ4n) is 3.28. The molecule has 7 nitrogen and oxygen atoms in total. The molecule has 2 N–H and O–H groups in total. The van der Waals surface area contributed by atoms with Gasteiger partial charge in [0.1, 0.15) is 0 Å². The quantitative estimate of drug-likeness (QED) is 0.388. The number of hydrogen-bond acceptors (Lipinski definition) is 4. The summed E-state index contributed by atoms with van der Waals surface area (Å²) in [6.45, 7) is 5.01. The van der Waals surface area contributed by atoms with E-state index in [1.165, 1.54) is 16.7 Å². The molecule has 0 aliphatic carbocycles. The van der Waals surface area contributed by atoms with Crippen LogP contribution in [-0.4, -0.2) is 43.0 Å². The smallest absolute Gasteiger partial charge is 0.191 e. The van der Waals surface area contributed by atoms with Gasteiger partial charge in [0.25, 0.3) is 0 Å². The van der Waals surface area contributed by atoms with Crippen LogP contribution in [0.2, 0.25) is 0 Å². The van der Waals surface area contributed by atoms with Gasteiger partial charge in [0.2, 0.25) is 0 Å². The molecule has 31 heavy (non-hydrogen) atoms. The van der Waals surface area contributed by atoms with Gasteiger partial charge in [-0.15, -0.1) is 0 Å². The Bertz CT molecular complexity index is 970. The van der Waals surface area contributed by atoms with Gasteiger partial charge in [-0.2, -0.15) is 5.10 Å². The molecule has 1 aromatic heterocycles. The van der Waals surface area contributed by atoms with E-state index in [0.29, 0.717) is 6.54 Å². The summed E-state index contributed by atoms with van der Waals surface area (Å²) in [4.78, 5) is 4.74. The van der Waals surface area contributed by atoms with E-state index in [-0.39, 0.29) is 0 Å². The highest BCUT2D eigenvalue weighted by Crippen LogP contribution is 2.27. The first-order valence-corrected chi connectivity index (χ1v) is 10.5. The molecular formula is C24H31N5O2. The fourth-order valence-corrected chi connectivity index (χ4v) is 3.28. The average molecular weight is 422 g/mol. The van der Waals surface area contributed by atoms with Crippen molar-refractivity contribution in [3.8, 4) is 11.5 Å². The summed E-state index contributed by atoms with van der Waals surface area (Å²) in [6, 6.07) is 16.4. The van der Waals surface area contributed by atoms with E-state index in [4.69, 9.17) is 14.5 Å². The molecule has 1 heterocycles. The maximum Gasteiger partial charge on any atom is 0.191 e. The molecule has 0 amide bonds. The number of methoxy groups -OCH3 is 2. The van der Waals surface area contributed by atoms with Crippen LogP contribution >= 0.6 is 0 Å². The van der Waals surface area contributed by atoms with Crippen molar-refractivity contribution >= 4 is 5.96 Å². The Morgan fingerprint density at radius 1 is 0.968 bits per heavy atom. The summed E-state index contributed by atoms with van der Waals surface area (Å²) in [6.07, 6.45) is 4.62. The highest BCUT2D eigenvalue weighted by atomic mass is 16.5. The van der Waals surface area contributed by atoms with Crippen LogP contribution in [0.1, 0.15) is 23.6 Å². The SMILES string of the molecule is CCNC(=NCc1cccc(Cn2cccn2)c1)NCCc1ccc(OC)c(OC)c1. The Morgan fingerprint density at radius 3 is 2.55 bits per heavy atom. The first kappa shape index (κ1) is 22.2. The van der Waals surface area contributed by atoms with Gasteiger partial charge >= 0.3 is 0 Å². The summed E-state index contributed by atoms with van der Waals surface area (Å²) in [5.41, 5.74) is 3.55. The summed E-state index contributed by atoms with van der Waals surface area (Å²) in [5, 5.41) is 11.0. The molecule has 3 rings (SSSR count). The minimum Gasteiger partial charge on any atom is -0.493 e. The largest absolute Gasteiger partial charge is 0.493 e. The molecule has 0 aliphatic rings. The molecule has 3 aromatic rings. The number of hydrogen-bond donors (Lipinski definition) is 2. The lowest BCUT2D eigenvalue weighted by molar-refractivity contribution is 0.354. The normalized spacial score (nSPS) is 11.3. The van der Waals surface area contributed by atoms with Crippen LogP contribution in [0.4, 0.5) is 0 Å². The molecule has 164 valence electrons. The number of rotatable bonds is 10. The number of nitrogens with zero attached hydrogens (tertiary/aromatic N) is 3. The van der Waals surface area contributed by atoms with Gasteiger partial charge in [-0.3, -0.25) is 4.68 Å². The van der Waals surface area contributed by atoms with Gasteiger partial charge in [-0.1, -0.05) is 30.3 Å². The van der Waals surface area contributed by atoms with Crippen LogP contribution in [0, 0.1) is 0 Å². The number of aromatic nitrogens is 2. The van der Waals surface area contributed by atoms with E-state index in [2.05, 4.69) is 53.0 Å². The van der Waals surface area contributed by atoms with Crippen molar-refractivity contribution in [2.75, 3.05) is 27.3 Å². The average Bonchev–Trinajstić information content (AvgIpc) is 3.30. The second kappa shape index (κ2) is 11.6. The predicted octanol–water partition coefficient (Wildman–Crippen LogP) is 3.25. The van der Waals surface area contributed by atoms with Crippen LogP contribution in [0.15, 0.2) is 65.9 Å². The molecule has 0 unspecified atom stereocenters. The molecule has 7 heteroatoms. The Labute approximate surface area is 184 Å². The van der Waals surface area contributed by atoms with Gasteiger partial charge in [-0.05, 0) is 48.2 Å². The Kier molecular flexibility index (Phi) is 8.34. The lowest BCUT2D eigenvalue weighted by Crippen LogP contribution is -2.38. The number of nitrogens with one attached hydrogen (secondary N) is 2. The standard InChI is InChI=1S/C24H31N5O2/c1-4-25-24(26-13-11-19-9-10-22(30-2)23(16-19)31-3)27-17-20-7-5-8-21(15-20)18-29-14-6-12-28-29/h5-10,12,14-16H,4,11,13,17-18H2,1-3H3,(H2,25,26,27). The second-order valence-corrected chi connectivity index (χ2v) is 7.08. The minimum absolute atomic E-state index is 0.610. The second-order valence-electron chi connectivity index (χ2n) is 7.08. The highest BCUT2D eigenvalue weighted by Gasteiger charge is 2.05. The van der Waals surface area contributed by atoms with Gasteiger partial charge in [0.05, 0.1) is 27.3 Å². The fraction of sp³-hybridized carbons (Fsp3) is 0.333. The number of aliphatic imine (C=N–C) groups is 1. The van der Waals surface area contributed by atoms with E-state index >= 15 is 0 Å². The monoisotopic (exact) mass is 421 g/mol. The summed E-state index contributed by atoms with van der Waals surface area (Å²) < 4.78 is 12.6. The van der Waals surface area contributed by atoms with Crippen molar-refractivity contribution in [1.82, 2.24) is 20.4 Å². The molecule has 0 aliphatic heterocycles. The number of benzene rings is 2. The number of ether oxygens (including phenoxy) is 2. The van der Waals surface area contributed by atoms with Crippen LogP contribution in [-0.2, 0) is 19.5 Å². The number of guanidine groups is 1. The molecular weight excluding hydrogens is 390 g/mol. The van der Waals surface area contributed by atoms with Crippen molar-refractivity contribution in [1.29, 1.82) is 0 Å². The van der Waals surface area contributed by atoms with Gasteiger partial charge < -0.3 is 20.1 Å². The molecule has 0 saturated carbocycles. The van der Waals surface area contributed by atoms with E-state index in [1.54, 1.807) is 20.4 Å². The molecule has 2 aromatic carbocycles. The summed E-state index contributed by atoms with van der Waals surface area (Å²) in [7, 11) is 3.30. The first-order chi connectivity index (χ1) is 15.2. The van der Waals surface area contributed by atoms with Gasteiger partial charge in [0, 0.05) is 25.5 Å². The van der Waals surface area contributed by atoms with E-state index < -0.39 is 0 Å². The van der Waals surface area contributed by atoms with Crippen molar-refractivity contribution < 1.29 is 9.47 Å². The van der Waals surface area contributed by atoms with Crippen LogP contribution < -0.4 is 20.1 Å². The maximum atomic E-state index is 5.39. The minimum atomic E-state index is 0.610. The Balaban J connectivity index is 1.56.